The standard InChI is InChI=1S/C13H27N3O/c1-11(2)9-12(14)10-15-13(17)16-7-5-3-4-6-8-16/h11-12H,3-10,14H2,1-2H3,(H,15,17). The van der Waals surface area contributed by atoms with E-state index in [9.17, 15) is 4.79 Å². The molecule has 3 N–H and O–H groups in total. The zero-order valence-electron chi connectivity index (χ0n) is 11.2. The number of nitrogens with two attached hydrogens (primary N) is 1. The van der Waals surface area contributed by atoms with Crippen LogP contribution < -0.4 is 11.1 Å². The fourth-order valence-electron chi connectivity index (χ4n) is 2.29. The van der Waals surface area contributed by atoms with E-state index in [1.165, 1.54) is 12.8 Å². The van der Waals surface area contributed by atoms with Gasteiger partial charge in [-0.1, -0.05) is 26.7 Å². The van der Waals surface area contributed by atoms with Gasteiger partial charge in [0.25, 0.3) is 0 Å². The monoisotopic (exact) mass is 241 g/mol. The van der Waals surface area contributed by atoms with Crippen molar-refractivity contribution in [2.45, 2.75) is 52.0 Å². The maximum atomic E-state index is 11.9. The van der Waals surface area contributed by atoms with E-state index in [1.807, 2.05) is 4.90 Å². The molecule has 4 nitrogen and oxygen atoms in total. The highest BCUT2D eigenvalue weighted by atomic mass is 16.2. The molecule has 0 spiro atoms. The van der Waals surface area contributed by atoms with Crippen molar-refractivity contribution in [1.29, 1.82) is 0 Å². The van der Waals surface area contributed by atoms with Gasteiger partial charge < -0.3 is 16.0 Å². The molecule has 2 amide bonds. The number of urea groups is 1. The topological polar surface area (TPSA) is 58.4 Å². The van der Waals surface area contributed by atoms with Crippen LogP contribution in [0, 0.1) is 5.92 Å². The first-order valence-corrected chi connectivity index (χ1v) is 6.88. The smallest absolute Gasteiger partial charge is 0.317 e. The number of likely N-dealkylation sites (tertiary alicyclic amines) is 1. The second-order valence-corrected chi connectivity index (χ2v) is 5.48. The van der Waals surface area contributed by atoms with E-state index < -0.39 is 0 Å². The zero-order valence-corrected chi connectivity index (χ0v) is 11.2. The largest absolute Gasteiger partial charge is 0.336 e. The third kappa shape index (κ3) is 5.91. The van der Waals surface area contributed by atoms with Gasteiger partial charge in [0.1, 0.15) is 0 Å². The minimum Gasteiger partial charge on any atom is -0.336 e. The molecule has 1 saturated heterocycles. The predicted molar refractivity (Wildman–Crippen MR) is 70.9 cm³/mol. The summed E-state index contributed by atoms with van der Waals surface area (Å²) in [5.41, 5.74) is 5.95. The molecule has 0 saturated carbocycles. The number of rotatable bonds is 4. The van der Waals surface area contributed by atoms with Crippen LogP contribution in [0.2, 0.25) is 0 Å². The first kappa shape index (κ1) is 14.3. The summed E-state index contributed by atoms with van der Waals surface area (Å²) >= 11 is 0. The fourth-order valence-corrected chi connectivity index (χ4v) is 2.29. The third-order valence-electron chi connectivity index (χ3n) is 3.18. The molecule has 0 aromatic carbocycles. The summed E-state index contributed by atoms with van der Waals surface area (Å²) in [7, 11) is 0. The van der Waals surface area contributed by atoms with Crippen molar-refractivity contribution in [3.63, 3.8) is 0 Å². The van der Waals surface area contributed by atoms with Gasteiger partial charge in [0, 0.05) is 25.7 Å². The van der Waals surface area contributed by atoms with Crippen molar-refractivity contribution < 1.29 is 4.79 Å². The van der Waals surface area contributed by atoms with Crippen molar-refractivity contribution in [3.8, 4) is 0 Å². The van der Waals surface area contributed by atoms with E-state index >= 15 is 0 Å². The summed E-state index contributed by atoms with van der Waals surface area (Å²) in [6, 6.07) is 0.136. The van der Waals surface area contributed by atoms with Gasteiger partial charge in [-0.25, -0.2) is 4.79 Å². The highest BCUT2D eigenvalue weighted by molar-refractivity contribution is 5.74. The average Bonchev–Trinajstić information content (AvgIpc) is 2.53. The highest BCUT2D eigenvalue weighted by Gasteiger charge is 2.15. The Morgan fingerprint density at radius 3 is 2.35 bits per heavy atom. The second kappa shape index (κ2) is 7.54. The van der Waals surface area contributed by atoms with Crippen LogP contribution in [-0.2, 0) is 0 Å². The summed E-state index contributed by atoms with van der Waals surface area (Å²) in [5.74, 6) is 0.583. The van der Waals surface area contributed by atoms with E-state index in [2.05, 4.69) is 19.2 Å². The molecule has 1 aliphatic heterocycles. The van der Waals surface area contributed by atoms with E-state index in [0.717, 1.165) is 32.4 Å². The fraction of sp³-hybridized carbons (Fsp3) is 0.923. The van der Waals surface area contributed by atoms with Gasteiger partial charge in [-0.3, -0.25) is 0 Å². The number of hydrogen-bond acceptors (Lipinski definition) is 2. The maximum Gasteiger partial charge on any atom is 0.317 e. The van der Waals surface area contributed by atoms with Crippen molar-refractivity contribution in [2.24, 2.45) is 11.7 Å². The Hall–Kier alpha value is -0.770. The van der Waals surface area contributed by atoms with Gasteiger partial charge in [-0.05, 0) is 25.2 Å². The van der Waals surface area contributed by atoms with Gasteiger partial charge >= 0.3 is 6.03 Å². The quantitative estimate of drug-likeness (QED) is 0.790. The number of amides is 2. The summed E-state index contributed by atoms with van der Waals surface area (Å²) in [6.45, 7) is 6.68. The first-order valence-electron chi connectivity index (χ1n) is 6.88. The van der Waals surface area contributed by atoms with Gasteiger partial charge in [0.2, 0.25) is 0 Å². The Labute approximate surface area is 105 Å². The number of carbonyl (C=O) groups excluding carboxylic acids is 1. The summed E-state index contributed by atoms with van der Waals surface area (Å²) in [5, 5.41) is 2.95. The van der Waals surface area contributed by atoms with Crippen molar-refractivity contribution in [2.75, 3.05) is 19.6 Å². The Balaban J connectivity index is 2.23. The third-order valence-corrected chi connectivity index (χ3v) is 3.18. The molecule has 1 atom stereocenters. The van der Waals surface area contributed by atoms with Gasteiger partial charge in [-0.2, -0.15) is 0 Å². The van der Waals surface area contributed by atoms with Crippen LogP contribution >= 0.6 is 0 Å². The van der Waals surface area contributed by atoms with E-state index in [-0.39, 0.29) is 12.1 Å². The molecule has 0 aliphatic carbocycles. The Morgan fingerprint density at radius 1 is 1.24 bits per heavy atom. The van der Waals surface area contributed by atoms with Crippen molar-refractivity contribution in [1.82, 2.24) is 10.2 Å². The number of nitrogens with zero attached hydrogens (tertiary/aromatic N) is 1. The summed E-state index contributed by atoms with van der Waals surface area (Å²) in [6.07, 6.45) is 5.71. The molecule has 0 radical (unpaired) electrons. The molecule has 4 heteroatoms. The van der Waals surface area contributed by atoms with Crippen molar-refractivity contribution in [3.05, 3.63) is 0 Å². The minimum atomic E-state index is 0.0612. The Morgan fingerprint density at radius 2 is 1.82 bits per heavy atom. The molecule has 0 aromatic heterocycles. The Bertz CT molecular complexity index is 223. The molecule has 100 valence electrons. The molecule has 0 aromatic rings. The number of hydrogen-bond donors (Lipinski definition) is 2. The van der Waals surface area contributed by atoms with Crippen molar-refractivity contribution >= 4 is 6.03 Å². The molecule has 1 rings (SSSR count). The maximum absolute atomic E-state index is 11.9. The first-order chi connectivity index (χ1) is 8.09. The molecule has 17 heavy (non-hydrogen) atoms. The van der Waals surface area contributed by atoms with Crippen LogP contribution in [0.25, 0.3) is 0 Å². The van der Waals surface area contributed by atoms with Crippen LogP contribution in [0.15, 0.2) is 0 Å². The van der Waals surface area contributed by atoms with E-state index in [0.29, 0.717) is 12.5 Å². The predicted octanol–water partition coefficient (Wildman–Crippen LogP) is 1.95. The normalized spacial score (nSPS) is 18.9. The molecule has 1 fully saturated rings. The van der Waals surface area contributed by atoms with Gasteiger partial charge in [-0.15, -0.1) is 0 Å². The second-order valence-electron chi connectivity index (χ2n) is 5.48. The number of nitrogens with one attached hydrogen (secondary N) is 1. The zero-order chi connectivity index (χ0) is 12.7. The van der Waals surface area contributed by atoms with E-state index in [1.54, 1.807) is 0 Å². The molecule has 1 unspecified atom stereocenters. The molecule has 1 heterocycles. The SMILES string of the molecule is CC(C)CC(N)CNC(=O)N1CCCCCC1. The minimum absolute atomic E-state index is 0.0612. The lowest BCUT2D eigenvalue weighted by Gasteiger charge is -2.22. The summed E-state index contributed by atoms with van der Waals surface area (Å²) in [4.78, 5) is 13.8. The van der Waals surface area contributed by atoms with Crippen LogP contribution in [0.4, 0.5) is 4.79 Å². The molecular weight excluding hydrogens is 214 g/mol. The lowest BCUT2D eigenvalue weighted by molar-refractivity contribution is 0.198. The molecular formula is C13H27N3O. The summed E-state index contributed by atoms with van der Waals surface area (Å²) < 4.78 is 0. The lowest BCUT2D eigenvalue weighted by atomic mass is 10.0. The van der Waals surface area contributed by atoms with Gasteiger partial charge in [0.15, 0.2) is 0 Å². The van der Waals surface area contributed by atoms with Crippen LogP contribution in [0.1, 0.15) is 46.0 Å². The highest BCUT2D eigenvalue weighted by Crippen LogP contribution is 2.09. The van der Waals surface area contributed by atoms with Crippen LogP contribution in [-0.4, -0.2) is 36.6 Å². The average molecular weight is 241 g/mol. The van der Waals surface area contributed by atoms with Gasteiger partial charge in [0.05, 0.1) is 0 Å². The van der Waals surface area contributed by atoms with Crippen LogP contribution in [0.3, 0.4) is 0 Å². The van der Waals surface area contributed by atoms with E-state index in [4.69, 9.17) is 5.73 Å². The molecule has 0 bridgehead atoms. The Kier molecular flexibility index (Phi) is 6.34. The molecule has 1 aliphatic rings. The van der Waals surface area contributed by atoms with Crippen LogP contribution in [0.5, 0.6) is 0 Å². The lowest BCUT2D eigenvalue weighted by Crippen LogP contribution is -2.45. The number of carbonyl (C=O) groups is 1.